The summed E-state index contributed by atoms with van der Waals surface area (Å²) in [6.07, 6.45) is -3.45. The quantitative estimate of drug-likeness (QED) is 0.713. The topological polar surface area (TPSA) is 69.0 Å². The molecule has 140 valence electrons. The van der Waals surface area contributed by atoms with E-state index >= 15 is 0 Å². The number of carbonyl (C=O) groups is 1. The van der Waals surface area contributed by atoms with E-state index in [0.29, 0.717) is 10.7 Å². The van der Waals surface area contributed by atoms with Crippen molar-refractivity contribution in [1.29, 1.82) is 0 Å². The highest BCUT2D eigenvalue weighted by Crippen LogP contribution is 2.26. The zero-order valence-electron chi connectivity index (χ0n) is 13.6. The first-order valence-electron chi connectivity index (χ1n) is 7.62. The average Bonchev–Trinajstić information content (AvgIpc) is 3.10. The number of alkyl halides is 3. The fourth-order valence-electron chi connectivity index (χ4n) is 2.26. The first-order chi connectivity index (χ1) is 12.8. The molecule has 1 N–H and O–H groups in total. The van der Waals surface area contributed by atoms with Gasteiger partial charge in [-0.2, -0.15) is 0 Å². The van der Waals surface area contributed by atoms with Gasteiger partial charge in [0.05, 0.1) is 16.9 Å². The van der Waals surface area contributed by atoms with E-state index in [2.05, 4.69) is 20.4 Å². The van der Waals surface area contributed by atoms with Crippen molar-refractivity contribution in [2.75, 3.05) is 0 Å². The van der Waals surface area contributed by atoms with Crippen molar-refractivity contribution in [2.24, 2.45) is 0 Å². The van der Waals surface area contributed by atoms with Crippen LogP contribution in [0.25, 0.3) is 5.69 Å². The number of benzene rings is 2. The number of halogens is 4. The van der Waals surface area contributed by atoms with Gasteiger partial charge in [0, 0.05) is 12.1 Å². The molecule has 27 heavy (non-hydrogen) atoms. The Bertz CT molecular complexity index is 959. The lowest BCUT2D eigenvalue weighted by atomic mass is 10.2. The summed E-state index contributed by atoms with van der Waals surface area (Å²) in [4.78, 5) is 12.2. The number of ether oxygens (including phenoxy) is 1. The number of nitrogens with one attached hydrogen (secondary N) is 1. The second-order valence-corrected chi connectivity index (χ2v) is 5.75. The lowest BCUT2D eigenvalue weighted by Gasteiger charge is -2.13. The molecule has 1 amide bonds. The number of amides is 1. The SMILES string of the molecule is O=C(NCc1ccccc1OC(F)(F)F)c1cn(-c2ccccc2Cl)nn1. The smallest absolute Gasteiger partial charge is 0.405 e. The highest BCUT2D eigenvalue weighted by atomic mass is 35.5. The predicted molar refractivity (Wildman–Crippen MR) is 90.7 cm³/mol. The molecule has 10 heteroatoms. The van der Waals surface area contributed by atoms with Crippen LogP contribution in [-0.4, -0.2) is 27.3 Å². The maximum absolute atomic E-state index is 12.4. The minimum atomic E-state index is -4.82. The number of hydrogen-bond acceptors (Lipinski definition) is 4. The molecule has 0 aliphatic heterocycles. The third-order valence-corrected chi connectivity index (χ3v) is 3.78. The van der Waals surface area contributed by atoms with E-state index < -0.39 is 12.3 Å². The number of rotatable bonds is 5. The van der Waals surface area contributed by atoms with Crippen LogP contribution in [0.2, 0.25) is 5.02 Å². The molecule has 0 aliphatic rings. The monoisotopic (exact) mass is 396 g/mol. The third-order valence-electron chi connectivity index (χ3n) is 3.46. The van der Waals surface area contributed by atoms with Gasteiger partial charge < -0.3 is 10.1 Å². The second-order valence-electron chi connectivity index (χ2n) is 5.34. The zero-order chi connectivity index (χ0) is 19.4. The number of hydrogen-bond donors (Lipinski definition) is 1. The summed E-state index contributed by atoms with van der Waals surface area (Å²) in [5.41, 5.74) is 0.695. The fourth-order valence-corrected chi connectivity index (χ4v) is 2.49. The van der Waals surface area contributed by atoms with Crippen molar-refractivity contribution in [3.63, 3.8) is 0 Å². The van der Waals surface area contributed by atoms with Gasteiger partial charge in [-0.25, -0.2) is 4.68 Å². The summed E-state index contributed by atoms with van der Waals surface area (Å²) in [5, 5.41) is 10.5. The molecule has 1 aromatic heterocycles. The van der Waals surface area contributed by atoms with Gasteiger partial charge in [-0.15, -0.1) is 18.3 Å². The fraction of sp³-hybridized carbons (Fsp3) is 0.118. The Labute approximate surface area is 156 Å². The molecular weight excluding hydrogens is 385 g/mol. The highest BCUT2D eigenvalue weighted by Gasteiger charge is 2.32. The maximum atomic E-state index is 12.4. The van der Waals surface area contributed by atoms with E-state index in [-0.39, 0.29) is 23.6 Å². The molecule has 0 unspecified atom stereocenters. The van der Waals surface area contributed by atoms with E-state index in [1.807, 2.05) is 0 Å². The van der Waals surface area contributed by atoms with Crippen molar-refractivity contribution in [1.82, 2.24) is 20.3 Å². The van der Waals surface area contributed by atoms with Crippen molar-refractivity contribution in [3.05, 3.63) is 71.0 Å². The van der Waals surface area contributed by atoms with Gasteiger partial charge in [-0.1, -0.05) is 47.1 Å². The molecule has 0 spiro atoms. The Morgan fingerprint density at radius 3 is 2.59 bits per heavy atom. The Morgan fingerprint density at radius 2 is 1.85 bits per heavy atom. The van der Waals surface area contributed by atoms with Crippen LogP contribution in [0.5, 0.6) is 5.75 Å². The van der Waals surface area contributed by atoms with Crippen LogP contribution in [0.1, 0.15) is 16.1 Å². The van der Waals surface area contributed by atoms with Crippen LogP contribution in [0, 0.1) is 0 Å². The van der Waals surface area contributed by atoms with Crippen molar-refractivity contribution >= 4 is 17.5 Å². The molecule has 6 nitrogen and oxygen atoms in total. The van der Waals surface area contributed by atoms with Crippen LogP contribution in [0.3, 0.4) is 0 Å². The minimum Gasteiger partial charge on any atom is -0.405 e. The maximum Gasteiger partial charge on any atom is 0.573 e. The first-order valence-corrected chi connectivity index (χ1v) is 8.00. The number of nitrogens with zero attached hydrogens (tertiary/aromatic N) is 3. The Kier molecular flexibility index (Phi) is 5.31. The Morgan fingerprint density at radius 1 is 1.15 bits per heavy atom. The summed E-state index contributed by atoms with van der Waals surface area (Å²) in [6.45, 7) is -0.177. The summed E-state index contributed by atoms with van der Waals surface area (Å²) in [6, 6.07) is 12.4. The standard InChI is InChI=1S/C17H12ClF3N4O2/c18-12-6-2-3-7-14(12)25-10-13(23-24-25)16(26)22-9-11-5-1-4-8-15(11)27-17(19,20)21/h1-8,10H,9H2,(H,22,26). The summed E-state index contributed by atoms with van der Waals surface area (Å²) >= 11 is 6.06. The third kappa shape index (κ3) is 4.76. The number of carbonyl (C=O) groups excluding carboxylic acids is 1. The van der Waals surface area contributed by atoms with E-state index in [9.17, 15) is 18.0 Å². The van der Waals surface area contributed by atoms with E-state index in [4.69, 9.17) is 11.6 Å². The van der Waals surface area contributed by atoms with E-state index in [1.54, 1.807) is 30.3 Å². The number of para-hydroxylation sites is 2. The van der Waals surface area contributed by atoms with Gasteiger partial charge in [0.2, 0.25) is 0 Å². The molecule has 3 aromatic rings. The van der Waals surface area contributed by atoms with Gasteiger partial charge >= 0.3 is 6.36 Å². The van der Waals surface area contributed by atoms with Crippen LogP contribution < -0.4 is 10.1 Å². The molecule has 0 atom stereocenters. The molecule has 0 saturated carbocycles. The number of aromatic nitrogens is 3. The summed E-state index contributed by atoms with van der Waals surface area (Å²) in [7, 11) is 0. The molecule has 0 radical (unpaired) electrons. The van der Waals surface area contributed by atoms with Gasteiger partial charge in [0.15, 0.2) is 5.69 Å². The van der Waals surface area contributed by atoms with Gasteiger partial charge in [0.25, 0.3) is 5.91 Å². The highest BCUT2D eigenvalue weighted by molar-refractivity contribution is 6.32. The molecule has 0 bridgehead atoms. The molecule has 3 rings (SSSR count). The predicted octanol–water partition coefficient (Wildman–Crippen LogP) is 3.75. The molecule has 0 aliphatic carbocycles. The van der Waals surface area contributed by atoms with E-state index in [1.165, 1.54) is 29.1 Å². The van der Waals surface area contributed by atoms with Gasteiger partial charge in [-0.3, -0.25) is 4.79 Å². The lowest BCUT2D eigenvalue weighted by molar-refractivity contribution is -0.274. The molecule has 1 heterocycles. The van der Waals surface area contributed by atoms with Crippen LogP contribution in [0.4, 0.5) is 13.2 Å². The normalized spacial score (nSPS) is 11.3. The summed E-state index contributed by atoms with van der Waals surface area (Å²) in [5.74, 6) is -0.986. The summed E-state index contributed by atoms with van der Waals surface area (Å²) < 4.78 is 42.6. The largest absolute Gasteiger partial charge is 0.573 e. The molecule has 0 saturated heterocycles. The van der Waals surface area contributed by atoms with Crippen molar-refractivity contribution in [2.45, 2.75) is 12.9 Å². The minimum absolute atomic E-state index is 0.0101. The van der Waals surface area contributed by atoms with Crippen molar-refractivity contribution < 1.29 is 22.7 Å². The van der Waals surface area contributed by atoms with Gasteiger partial charge in [-0.05, 0) is 18.2 Å². The van der Waals surface area contributed by atoms with Gasteiger partial charge in [0.1, 0.15) is 5.75 Å². The average molecular weight is 397 g/mol. The second kappa shape index (κ2) is 7.67. The Hall–Kier alpha value is -3.07. The molecule has 2 aromatic carbocycles. The molecule has 0 fully saturated rings. The van der Waals surface area contributed by atoms with Crippen LogP contribution in [0.15, 0.2) is 54.7 Å². The van der Waals surface area contributed by atoms with Crippen LogP contribution >= 0.6 is 11.6 Å². The van der Waals surface area contributed by atoms with E-state index in [0.717, 1.165) is 0 Å². The Balaban J connectivity index is 1.70. The zero-order valence-corrected chi connectivity index (χ0v) is 14.3. The van der Waals surface area contributed by atoms with Crippen molar-refractivity contribution in [3.8, 4) is 11.4 Å². The first kappa shape index (κ1) is 18.7. The molecular formula is C17H12ClF3N4O2. The van der Waals surface area contributed by atoms with Crippen LogP contribution in [-0.2, 0) is 6.54 Å². The lowest BCUT2D eigenvalue weighted by Crippen LogP contribution is -2.24.